The second-order valence-corrected chi connectivity index (χ2v) is 8.46. The van der Waals surface area contributed by atoms with Gasteiger partial charge >= 0.3 is 0 Å². The van der Waals surface area contributed by atoms with Crippen molar-refractivity contribution in [2.24, 2.45) is 0 Å². The Kier molecular flexibility index (Phi) is 6.91. The number of hydrogen-bond donors (Lipinski definition) is 1. The number of amides is 1. The van der Waals surface area contributed by atoms with Crippen LogP contribution in [-0.2, 0) is 16.6 Å². The summed E-state index contributed by atoms with van der Waals surface area (Å²) in [6, 6.07) is 18.4. The summed E-state index contributed by atoms with van der Waals surface area (Å²) in [4.78, 5) is 14.4. The van der Waals surface area contributed by atoms with E-state index in [1.807, 2.05) is 6.92 Å². The van der Waals surface area contributed by atoms with Crippen molar-refractivity contribution in [3.8, 4) is 5.75 Å². The molecule has 0 saturated heterocycles. The molecule has 0 aliphatic carbocycles. The molecule has 3 aromatic rings. The van der Waals surface area contributed by atoms with Gasteiger partial charge in [-0.3, -0.25) is 9.52 Å². The summed E-state index contributed by atoms with van der Waals surface area (Å²) in [6.07, 6.45) is 0. The Bertz CT molecular complexity index is 1160. The number of carbonyl (C=O) groups excluding carboxylic acids is 1. The van der Waals surface area contributed by atoms with Gasteiger partial charge in [0.1, 0.15) is 11.6 Å². The third-order valence-corrected chi connectivity index (χ3v) is 6.08. The van der Waals surface area contributed by atoms with E-state index in [9.17, 15) is 17.6 Å². The van der Waals surface area contributed by atoms with Crippen LogP contribution in [0.4, 0.5) is 10.1 Å². The van der Waals surface area contributed by atoms with Crippen LogP contribution >= 0.6 is 0 Å². The first-order valence-corrected chi connectivity index (χ1v) is 11.1. The Balaban J connectivity index is 1.77. The summed E-state index contributed by atoms with van der Waals surface area (Å²) < 4.78 is 46.5. The van der Waals surface area contributed by atoms with Crippen molar-refractivity contribution in [2.75, 3.05) is 18.4 Å². The molecule has 0 aliphatic heterocycles. The minimum Gasteiger partial charge on any atom is -0.495 e. The highest BCUT2D eigenvalue weighted by Crippen LogP contribution is 2.26. The molecule has 0 fully saturated rings. The van der Waals surface area contributed by atoms with E-state index in [1.165, 1.54) is 43.5 Å². The van der Waals surface area contributed by atoms with Crippen LogP contribution in [0.5, 0.6) is 5.75 Å². The number of methoxy groups -OCH3 is 1. The van der Waals surface area contributed by atoms with E-state index in [0.717, 1.165) is 0 Å². The van der Waals surface area contributed by atoms with Crippen LogP contribution < -0.4 is 9.46 Å². The first-order chi connectivity index (χ1) is 14.8. The van der Waals surface area contributed by atoms with E-state index >= 15 is 0 Å². The van der Waals surface area contributed by atoms with Crippen LogP contribution in [0, 0.1) is 5.82 Å². The lowest BCUT2D eigenvalue weighted by Gasteiger charge is -2.21. The zero-order valence-electron chi connectivity index (χ0n) is 17.2. The number of benzene rings is 3. The summed E-state index contributed by atoms with van der Waals surface area (Å²) in [5.41, 5.74) is 1.34. The summed E-state index contributed by atoms with van der Waals surface area (Å²) in [6.45, 7) is 2.50. The van der Waals surface area contributed by atoms with Crippen LogP contribution in [0.15, 0.2) is 77.7 Å². The monoisotopic (exact) mass is 442 g/mol. The molecule has 0 saturated carbocycles. The number of halogens is 1. The molecule has 31 heavy (non-hydrogen) atoms. The fourth-order valence-corrected chi connectivity index (χ4v) is 4.15. The van der Waals surface area contributed by atoms with Crippen molar-refractivity contribution in [2.45, 2.75) is 18.4 Å². The summed E-state index contributed by atoms with van der Waals surface area (Å²) >= 11 is 0. The third-order valence-electron chi connectivity index (χ3n) is 4.69. The second kappa shape index (κ2) is 9.61. The van der Waals surface area contributed by atoms with Gasteiger partial charge in [0.05, 0.1) is 17.7 Å². The molecule has 0 aromatic heterocycles. The molecule has 0 radical (unpaired) electrons. The molecule has 0 aliphatic rings. The predicted molar refractivity (Wildman–Crippen MR) is 117 cm³/mol. The van der Waals surface area contributed by atoms with Gasteiger partial charge < -0.3 is 9.64 Å². The predicted octanol–water partition coefficient (Wildman–Crippen LogP) is 4.30. The molecule has 1 amide bonds. The Labute approximate surface area is 181 Å². The van der Waals surface area contributed by atoms with Gasteiger partial charge in [0.25, 0.3) is 15.9 Å². The Morgan fingerprint density at radius 3 is 2.39 bits per heavy atom. The molecule has 0 atom stereocenters. The largest absolute Gasteiger partial charge is 0.495 e. The Morgan fingerprint density at radius 1 is 1.03 bits per heavy atom. The number of sulfonamides is 1. The molecule has 0 bridgehead atoms. The highest BCUT2D eigenvalue weighted by molar-refractivity contribution is 7.92. The molecular formula is C23H23FN2O4S. The number of hydrogen-bond acceptors (Lipinski definition) is 4. The zero-order chi connectivity index (χ0) is 22.4. The first kappa shape index (κ1) is 22.3. The highest BCUT2D eigenvalue weighted by atomic mass is 32.2. The van der Waals surface area contributed by atoms with Crippen molar-refractivity contribution in [1.29, 1.82) is 0 Å². The number of anilines is 1. The highest BCUT2D eigenvalue weighted by Gasteiger charge is 2.19. The van der Waals surface area contributed by atoms with Gasteiger partial charge in [-0.15, -0.1) is 0 Å². The topological polar surface area (TPSA) is 75.7 Å². The van der Waals surface area contributed by atoms with Crippen LogP contribution in [0.2, 0.25) is 0 Å². The van der Waals surface area contributed by atoms with Crippen molar-refractivity contribution >= 4 is 21.6 Å². The maximum Gasteiger partial charge on any atom is 0.262 e. The summed E-state index contributed by atoms with van der Waals surface area (Å²) in [7, 11) is -2.41. The van der Waals surface area contributed by atoms with Gasteiger partial charge in [-0.1, -0.05) is 24.3 Å². The molecule has 162 valence electrons. The number of nitrogens with zero attached hydrogens (tertiary/aromatic N) is 1. The second-order valence-electron chi connectivity index (χ2n) is 6.78. The molecule has 3 aromatic carbocycles. The average Bonchev–Trinajstić information content (AvgIpc) is 2.77. The number of rotatable bonds is 8. The average molecular weight is 443 g/mol. The number of ether oxygens (including phenoxy) is 1. The first-order valence-electron chi connectivity index (χ1n) is 9.63. The normalized spacial score (nSPS) is 11.1. The Hall–Kier alpha value is -3.39. The zero-order valence-corrected chi connectivity index (χ0v) is 18.0. The minimum absolute atomic E-state index is 0.0168. The van der Waals surface area contributed by atoms with Gasteiger partial charge in [-0.25, -0.2) is 12.8 Å². The molecule has 8 heteroatoms. The lowest BCUT2D eigenvalue weighted by molar-refractivity contribution is 0.0752. The standard InChI is InChI=1S/C23H23FN2O4S/c1-3-26(16-17-7-6-8-19(24)15-17)23(27)18-11-13-20(14-12-18)31(28,29)25-21-9-4-5-10-22(21)30-2/h4-15,25H,3,16H2,1-2H3. The minimum atomic E-state index is -3.86. The smallest absolute Gasteiger partial charge is 0.262 e. The SMILES string of the molecule is CCN(Cc1cccc(F)c1)C(=O)c1ccc(S(=O)(=O)Nc2ccccc2OC)cc1. The third kappa shape index (κ3) is 5.40. The van der Waals surface area contributed by atoms with Crippen molar-refractivity contribution < 1.29 is 22.3 Å². The van der Waals surface area contributed by atoms with E-state index in [1.54, 1.807) is 41.3 Å². The summed E-state index contributed by atoms with van der Waals surface area (Å²) in [5.74, 6) is -0.236. The van der Waals surface area contributed by atoms with Crippen molar-refractivity contribution in [3.05, 3.63) is 89.7 Å². The fourth-order valence-electron chi connectivity index (χ4n) is 3.07. The molecule has 0 unspecified atom stereocenters. The van der Waals surface area contributed by atoms with Gasteiger partial charge in [0, 0.05) is 18.7 Å². The maximum absolute atomic E-state index is 13.4. The molecule has 0 spiro atoms. The van der Waals surface area contributed by atoms with Gasteiger partial charge in [-0.05, 0) is 61.0 Å². The van der Waals surface area contributed by atoms with Gasteiger partial charge in [-0.2, -0.15) is 0 Å². The molecule has 3 rings (SSSR count). The van der Waals surface area contributed by atoms with E-state index in [4.69, 9.17) is 4.74 Å². The van der Waals surface area contributed by atoms with E-state index in [2.05, 4.69) is 4.72 Å². The lowest BCUT2D eigenvalue weighted by Crippen LogP contribution is -2.30. The van der Waals surface area contributed by atoms with Crippen LogP contribution in [-0.4, -0.2) is 32.9 Å². The quantitative estimate of drug-likeness (QED) is 0.565. The maximum atomic E-state index is 13.4. The molecular weight excluding hydrogens is 419 g/mol. The van der Waals surface area contributed by atoms with Crippen LogP contribution in [0.1, 0.15) is 22.8 Å². The lowest BCUT2D eigenvalue weighted by atomic mass is 10.1. The Morgan fingerprint density at radius 2 is 1.74 bits per heavy atom. The van der Waals surface area contributed by atoms with Crippen molar-refractivity contribution in [3.63, 3.8) is 0 Å². The van der Waals surface area contributed by atoms with E-state index in [0.29, 0.717) is 29.1 Å². The van der Waals surface area contributed by atoms with Gasteiger partial charge in [0.2, 0.25) is 0 Å². The number of para-hydroxylation sites is 2. The van der Waals surface area contributed by atoms with Crippen molar-refractivity contribution in [1.82, 2.24) is 4.90 Å². The van der Waals surface area contributed by atoms with E-state index < -0.39 is 10.0 Å². The number of nitrogens with one attached hydrogen (secondary N) is 1. The van der Waals surface area contributed by atoms with Crippen LogP contribution in [0.25, 0.3) is 0 Å². The summed E-state index contributed by atoms with van der Waals surface area (Å²) in [5, 5.41) is 0. The molecule has 0 heterocycles. The fraction of sp³-hybridized carbons (Fsp3) is 0.174. The molecule has 6 nitrogen and oxygen atoms in total. The number of carbonyl (C=O) groups is 1. The molecule has 1 N–H and O–H groups in total. The van der Waals surface area contributed by atoms with E-state index in [-0.39, 0.29) is 23.2 Å². The van der Waals surface area contributed by atoms with Crippen LogP contribution in [0.3, 0.4) is 0 Å². The van der Waals surface area contributed by atoms with Gasteiger partial charge in [0.15, 0.2) is 0 Å².